The van der Waals surface area contributed by atoms with Gasteiger partial charge in [-0.15, -0.1) is 11.3 Å². The Morgan fingerprint density at radius 1 is 1.17 bits per heavy atom. The van der Waals surface area contributed by atoms with Crippen molar-refractivity contribution in [2.75, 3.05) is 5.73 Å². The SMILES string of the molecule is Cc1cccc(Cc2nc3ccc(N)cc3s2)c1. The largest absolute Gasteiger partial charge is 0.399 e. The minimum atomic E-state index is 0.799. The van der Waals surface area contributed by atoms with Gasteiger partial charge in [-0.1, -0.05) is 29.8 Å². The van der Waals surface area contributed by atoms with E-state index < -0.39 is 0 Å². The third kappa shape index (κ3) is 2.22. The van der Waals surface area contributed by atoms with Crippen molar-refractivity contribution in [3.05, 3.63) is 58.6 Å². The molecule has 0 bridgehead atoms. The second-order valence-electron chi connectivity index (χ2n) is 4.50. The molecule has 2 N–H and O–H groups in total. The van der Waals surface area contributed by atoms with Crippen LogP contribution >= 0.6 is 11.3 Å². The van der Waals surface area contributed by atoms with Gasteiger partial charge < -0.3 is 5.73 Å². The molecule has 0 aliphatic rings. The summed E-state index contributed by atoms with van der Waals surface area (Å²) in [6.45, 7) is 2.11. The molecule has 0 unspecified atom stereocenters. The Kier molecular flexibility index (Phi) is 2.76. The second kappa shape index (κ2) is 4.42. The summed E-state index contributed by atoms with van der Waals surface area (Å²) < 4.78 is 1.16. The molecule has 0 saturated heterocycles. The van der Waals surface area contributed by atoms with E-state index in [2.05, 4.69) is 36.2 Å². The van der Waals surface area contributed by atoms with E-state index in [4.69, 9.17) is 5.73 Å². The van der Waals surface area contributed by atoms with Crippen LogP contribution in [-0.2, 0) is 6.42 Å². The van der Waals surface area contributed by atoms with Gasteiger partial charge in [0.15, 0.2) is 0 Å². The lowest BCUT2D eigenvalue weighted by Gasteiger charge is -1.98. The summed E-state index contributed by atoms with van der Waals surface area (Å²) in [4.78, 5) is 4.64. The van der Waals surface area contributed by atoms with Crippen molar-refractivity contribution in [2.24, 2.45) is 0 Å². The molecule has 3 rings (SSSR count). The van der Waals surface area contributed by atoms with E-state index in [1.807, 2.05) is 18.2 Å². The molecule has 0 amide bonds. The molecule has 0 radical (unpaired) electrons. The van der Waals surface area contributed by atoms with Crippen molar-refractivity contribution < 1.29 is 0 Å². The van der Waals surface area contributed by atoms with E-state index >= 15 is 0 Å². The first-order valence-electron chi connectivity index (χ1n) is 5.91. The predicted molar refractivity (Wildman–Crippen MR) is 78.0 cm³/mol. The van der Waals surface area contributed by atoms with Crippen LogP contribution in [0.1, 0.15) is 16.1 Å². The average molecular weight is 254 g/mol. The highest BCUT2D eigenvalue weighted by Gasteiger charge is 2.05. The van der Waals surface area contributed by atoms with Crippen molar-refractivity contribution in [3.8, 4) is 0 Å². The minimum absolute atomic E-state index is 0.799. The van der Waals surface area contributed by atoms with Crippen LogP contribution in [0.3, 0.4) is 0 Å². The van der Waals surface area contributed by atoms with Gasteiger partial charge >= 0.3 is 0 Å². The van der Waals surface area contributed by atoms with Crippen LogP contribution in [0.4, 0.5) is 5.69 Å². The summed E-state index contributed by atoms with van der Waals surface area (Å²) in [5.41, 5.74) is 10.2. The van der Waals surface area contributed by atoms with Crippen molar-refractivity contribution in [1.82, 2.24) is 4.98 Å². The molecule has 0 atom stereocenters. The van der Waals surface area contributed by atoms with Crippen LogP contribution in [0.5, 0.6) is 0 Å². The van der Waals surface area contributed by atoms with Gasteiger partial charge in [0, 0.05) is 12.1 Å². The number of hydrogen-bond donors (Lipinski definition) is 1. The van der Waals surface area contributed by atoms with E-state index in [0.717, 1.165) is 27.3 Å². The number of fused-ring (bicyclic) bond motifs is 1. The molecule has 2 nitrogen and oxygen atoms in total. The average Bonchev–Trinajstić information content (AvgIpc) is 2.70. The van der Waals surface area contributed by atoms with Crippen molar-refractivity contribution >= 4 is 27.2 Å². The number of hydrogen-bond acceptors (Lipinski definition) is 3. The number of nitrogen functional groups attached to an aromatic ring is 1. The van der Waals surface area contributed by atoms with Crippen LogP contribution in [-0.4, -0.2) is 4.98 Å². The minimum Gasteiger partial charge on any atom is -0.399 e. The maximum atomic E-state index is 5.78. The number of benzene rings is 2. The first-order chi connectivity index (χ1) is 8.70. The van der Waals surface area contributed by atoms with Crippen molar-refractivity contribution in [3.63, 3.8) is 0 Å². The van der Waals surface area contributed by atoms with E-state index in [9.17, 15) is 0 Å². The summed E-state index contributed by atoms with van der Waals surface area (Å²) in [6, 6.07) is 14.4. The Balaban J connectivity index is 1.95. The molecule has 0 saturated carbocycles. The van der Waals surface area contributed by atoms with E-state index in [0.29, 0.717) is 0 Å². The lowest BCUT2D eigenvalue weighted by atomic mass is 10.1. The van der Waals surface area contributed by atoms with Crippen molar-refractivity contribution in [2.45, 2.75) is 13.3 Å². The molecule has 0 aliphatic heterocycles. The fourth-order valence-electron chi connectivity index (χ4n) is 2.06. The molecule has 1 heterocycles. The number of nitrogens with two attached hydrogens (primary N) is 1. The van der Waals surface area contributed by atoms with Crippen molar-refractivity contribution in [1.29, 1.82) is 0 Å². The molecule has 90 valence electrons. The molecule has 3 aromatic rings. The molecule has 18 heavy (non-hydrogen) atoms. The summed E-state index contributed by atoms with van der Waals surface area (Å²) in [5, 5.41) is 1.14. The van der Waals surface area contributed by atoms with Gasteiger partial charge in [-0.2, -0.15) is 0 Å². The van der Waals surface area contributed by atoms with E-state index in [1.54, 1.807) is 11.3 Å². The van der Waals surface area contributed by atoms with Gasteiger partial charge in [-0.05, 0) is 30.7 Å². The zero-order valence-corrected chi connectivity index (χ0v) is 11.0. The highest BCUT2D eigenvalue weighted by atomic mass is 32.1. The monoisotopic (exact) mass is 254 g/mol. The maximum absolute atomic E-state index is 5.78. The molecule has 1 aromatic heterocycles. The number of thiazole rings is 1. The third-order valence-corrected chi connectivity index (χ3v) is 3.91. The highest BCUT2D eigenvalue weighted by Crippen LogP contribution is 2.25. The van der Waals surface area contributed by atoms with Crippen LogP contribution in [0.25, 0.3) is 10.2 Å². The van der Waals surface area contributed by atoms with Gasteiger partial charge in [0.1, 0.15) is 0 Å². The van der Waals surface area contributed by atoms with Gasteiger partial charge in [-0.25, -0.2) is 4.98 Å². The Hall–Kier alpha value is -1.87. The molecule has 0 spiro atoms. The van der Waals surface area contributed by atoms with Crippen LogP contribution in [0.15, 0.2) is 42.5 Å². The number of aryl methyl sites for hydroxylation is 1. The lowest BCUT2D eigenvalue weighted by molar-refractivity contribution is 1.15. The molecule has 2 aromatic carbocycles. The first-order valence-corrected chi connectivity index (χ1v) is 6.73. The van der Waals surface area contributed by atoms with Gasteiger partial charge in [-0.3, -0.25) is 0 Å². The molecule has 0 aliphatic carbocycles. The third-order valence-electron chi connectivity index (χ3n) is 2.89. The summed E-state index contributed by atoms with van der Waals surface area (Å²) >= 11 is 1.72. The van der Waals surface area contributed by atoms with Crippen LogP contribution in [0, 0.1) is 6.92 Å². The Morgan fingerprint density at radius 2 is 2.06 bits per heavy atom. The van der Waals surface area contributed by atoms with E-state index in [1.165, 1.54) is 11.1 Å². The van der Waals surface area contributed by atoms with Crippen LogP contribution in [0.2, 0.25) is 0 Å². The van der Waals surface area contributed by atoms with E-state index in [-0.39, 0.29) is 0 Å². The fourth-order valence-corrected chi connectivity index (χ4v) is 3.11. The highest BCUT2D eigenvalue weighted by molar-refractivity contribution is 7.18. The number of anilines is 1. The van der Waals surface area contributed by atoms with Gasteiger partial charge in [0.25, 0.3) is 0 Å². The Morgan fingerprint density at radius 3 is 2.89 bits per heavy atom. The normalized spacial score (nSPS) is 10.9. The molecular weight excluding hydrogens is 240 g/mol. The summed E-state index contributed by atoms with van der Waals surface area (Å²) in [7, 11) is 0. The second-order valence-corrected chi connectivity index (χ2v) is 5.62. The van der Waals surface area contributed by atoms with Gasteiger partial charge in [0.2, 0.25) is 0 Å². The molecular formula is C15H14N2S. The molecule has 0 fully saturated rings. The first kappa shape index (κ1) is 11.2. The quantitative estimate of drug-likeness (QED) is 0.707. The Labute approximate surface area is 110 Å². The van der Waals surface area contributed by atoms with Gasteiger partial charge in [0.05, 0.1) is 15.2 Å². The zero-order chi connectivity index (χ0) is 12.5. The number of rotatable bonds is 2. The maximum Gasteiger partial charge on any atom is 0.0982 e. The standard InChI is InChI=1S/C15H14N2S/c1-10-3-2-4-11(7-10)8-15-17-13-6-5-12(16)9-14(13)18-15/h2-7,9H,8,16H2,1H3. The number of aromatic nitrogens is 1. The zero-order valence-electron chi connectivity index (χ0n) is 10.2. The van der Waals surface area contributed by atoms with Crippen LogP contribution < -0.4 is 5.73 Å². The number of nitrogens with zero attached hydrogens (tertiary/aromatic N) is 1. The summed E-state index contributed by atoms with van der Waals surface area (Å²) in [5.74, 6) is 0. The predicted octanol–water partition coefficient (Wildman–Crippen LogP) is 3.78. The molecule has 3 heteroatoms. The lowest BCUT2D eigenvalue weighted by Crippen LogP contribution is -1.87. The fraction of sp³-hybridized carbons (Fsp3) is 0.133. The Bertz CT molecular complexity index is 701. The smallest absolute Gasteiger partial charge is 0.0982 e. The summed E-state index contributed by atoms with van der Waals surface area (Å²) in [6.07, 6.45) is 0.890. The topological polar surface area (TPSA) is 38.9 Å².